The molecule has 2 atom stereocenters. The van der Waals surface area contributed by atoms with Crippen LogP contribution in [0.5, 0.6) is 0 Å². The molecule has 2 aromatic heterocycles. The van der Waals surface area contributed by atoms with Crippen LogP contribution in [0.15, 0.2) is 41.0 Å². The summed E-state index contributed by atoms with van der Waals surface area (Å²) in [6, 6.07) is 7.47. The number of nitrogens with zero attached hydrogens (tertiary/aromatic N) is 3. The van der Waals surface area contributed by atoms with E-state index < -0.39 is 29.9 Å². The highest BCUT2D eigenvalue weighted by atomic mass is 16.5. The van der Waals surface area contributed by atoms with Gasteiger partial charge in [0.2, 0.25) is 5.91 Å². The molecule has 0 saturated carbocycles. The Labute approximate surface area is 207 Å². The first-order valence-corrected chi connectivity index (χ1v) is 11.8. The first-order valence-electron chi connectivity index (χ1n) is 11.8. The number of aromatic nitrogens is 2. The molecule has 0 unspecified atom stereocenters. The van der Waals surface area contributed by atoms with E-state index in [4.69, 9.17) is 4.42 Å². The van der Waals surface area contributed by atoms with Crippen molar-refractivity contribution in [2.75, 3.05) is 20.2 Å². The number of likely N-dealkylation sites (tertiary alicyclic amines) is 1. The molecule has 36 heavy (non-hydrogen) atoms. The van der Waals surface area contributed by atoms with Crippen molar-refractivity contribution in [3.8, 4) is 0 Å². The molecule has 1 fully saturated rings. The van der Waals surface area contributed by atoms with Crippen LogP contribution in [-0.4, -0.2) is 70.7 Å². The van der Waals surface area contributed by atoms with Gasteiger partial charge < -0.3 is 24.7 Å². The highest BCUT2D eigenvalue weighted by Crippen LogP contribution is 2.27. The Balaban J connectivity index is 1.55. The lowest BCUT2D eigenvalue weighted by atomic mass is 10.1. The van der Waals surface area contributed by atoms with Gasteiger partial charge in [-0.25, -0.2) is 0 Å². The summed E-state index contributed by atoms with van der Waals surface area (Å²) in [6.07, 6.45) is 3.21. The van der Waals surface area contributed by atoms with Crippen molar-refractivity contribution < 1.29 is 28.3 Å². The molecule has 0 spiro atoms. The molecule has 11 heteroatoms. The van der Waals surface area contributed by atoms with Crippen LogP contribution in [0.25, 0.3) is 11.0 Å². The Hall–Kier alpha value is -4.15. The molecular weight excluding hydrogens is 466 g/mol. The third-order valence-electron chi connectivity index (χ3n) is 6.22. The topological polar surface area (TPSA) is 136 Å². The van der Waals surface area contributed by atoms with E-state index in [1.54, 1.807) is 37.4 Å². The Morgan fingerprint density at radius 2 is 2.00 bits per heavy atom. The predicted molar refractivity (Wildman–Crippen MR) is 129 cm³/mol. The van der Waals surface area contributed by atoms with Crippen molar-refractivity contribution >= 4 is 34.7 Å². The third-order valence-corrected chi connectivity index (χ3v) is 6.22. The lowest BCUT2D eigenvalue weighted by Crippen LogP contribution is -2.47. The van der Waals surface area contributed by atoms with E-state index in [-0.39, 0.29) is 25.4 Å². The van der Waals surface area contributed by atoms with Gasteiger partial charge >= 0.3 is 5.97 Å². The van der Waals surface area contributed by atoms with Gasteiger partial charge in [0.1, 0.15) is 30.1 Å². The van der Waals surface area contributed by atoms with E-state index in [0.29, 0.717) is 22.2 Å². The van der Waals surface area contributed by atoms with E-state index in [2.05, 4.69) is 20.5 Å². The molecular formula is C25H29N5O6. The number of methoxy groups -OCH3 is 1. The van der Waals surface area contributed by atoms with Crippen LogP contribution in [0.3, 0.4) is 0 Å². The Morgan fingerprint density at radius 1 is 1.22 bits per heavy atom. The fraction of sp³-hybridized carbons (Fsp3) is 0.400. The van der Waals surface area contributed by atoms with Gasteiger partial charge in [-0.15, -0.1) is 0 Å². The number of ether oxygens (including phenoxy) is 1. The minimum atomic E-state index is -0.900. The fourth-order valence-electron chi connectivity index (χ4n) is 4.44. The van der Waals surface area contributed by atoms with Crippen LogP contribution in [0, 0.1) is 0 Å². The van der Waals surface area contributed by atoms with Gasteiger partial charge in [0.25, 0.3) is 11.8 Å². The Bertz CT molecular complexity index is 1300. The van der Waals surface area contributed by atoms with E-state index in [1.807, 2.05) is 6.92 Å². The first kappa shape index (κ1) is 25.0. The SMILES string of the molecule is CCCc1cc(C(=O)N[C@@H]2C[C@@H](C(=O)NCC(=O)OC)N(C(=O)c3coc4ccccc34)C2)n(C)n1. The molecule has 0 bridgehead atoms. The van der Waals surface area contributed by atoms with E-state index >= 15 is 0 Å². The fourth-order valence-corrected chi connectivity index (χ4v) is 4.44. The Morgan fingerprint density at radius 3 is 2.75 bits per heavy atom. The largest absolute Gasteiger partial charge is 0.468 e. The molecule has 1 saturated heterocycles. The second-order valence-corrected chi connectivity index (χ2v) is 8.71. The molecule has 0 radical (unpaired) electrons. The van der Waals surface area contributed by atoms with Crippen LogP contribution in [0.4, 0.5) is 0 Å². The molecule has 1 aliphatic rings. The maximum atomic E-state index is 13.5. The highest BCUT2D eigenvalue weighted by molar-refractivity contribution is 6.07. The quantitative estimate of drug-likeness (QED) is 0.451. The number of rotatable bonds is 8. The van der Waals surface area contributed by atoms with E-state index in [1.165, 1.54) is 23.0 Å². The molecule has 2 N–H and O–H groups in total. The summed E-state index contributed by atoms with van der Waals surface area (Å²) in [5.74, 6) is -1.86. The average molecular weight is 496 g/mol. The Kier molecular flexibility index (Phi) is 7.37. The van der Waals surface area contributed by atoms with Crippen molar-refractivity contribution in [3.63, 3.8) is 0 Å². The van der Waals surface area contributed by atoms with Crippen molar-refractivity contribution in [1.82, 2.24) is 25.3 Å². The first-order chi connectivity index (χ1) is 17.3. The molecule has 3 heterocycles. The van der Waals surface area contributed by atoms with E-state index in [9.17, 15) is 19.2 Å². The van der Waals surface area contributed by atoms with Crippen LogP contribution in [0.1, 0.15) is 46.3 Å². The predicted octanol–water partition coefficient (Wildman–Crippen LogP) is 1.42. The maximum absolute atomic E-state index is 13.5. The molecule has 3 amide bonds. The second-order valence-electron chi connectivity index (χ2n) is 8.71. The highest BCUT2D eigenvalue weighted by Gasteiger charge is 2.41. The maximum Gasteiger partial charge on any atom is 0.325 e. The van der Waals surface area contributed by atoms with Crippen LogP contribution in [-0.2, 0) is 27.8 Å². The number of esters is 1. The number of aryl methyl sites for hydroxylation is 2. The lowest BCUT2D eigenvalue weighted by molar-refractivity contribution is -0.141. The minimum Gasteiger partial charge on any atom is -0.468 e. The van der Waals surface area contributed by atoms with Gasteiger partial charge in [0.15, 0.2) is 0 Å². The van der Waals surface area contributed by atoms with Gasteiger partial charge in [-0.3, -0.25) is 23.9 Å². The van der Waals surface area contributed by atoms with Gasteiger partial charge in [0, 0.05) is 25.0 Å². The molecule has 3 aromatic rings. The standard InChI is InChI=1S/C25H29N5O6/c1-4-7-15-10-19(29(2)28-15)24(33)27-16-11-20(23(32)26-12-22(31)35-3)30(13-16)25(34)18-14-36-21-9-6-5-8-17(18)21/h5-6,8-10,14,16,20H,4,7,11-13H2,1-3H3,(H,26,32)(H,27,33)/t16-,20+/m1/s1. The third kappa shape index (κ3) is 5.09. The number of fused-ring (bicyclic) bond motifs is 1. The zero-order valence-corrected chi connectivity index (χ0v) is 20.4. The number of hydrogen-bond donors (Lipinski definition) is 2. The molecule has 1 aromatic carbocycles. The zero-order valence-electron chi connectivity index (χ0n) is 20.4. The number of amides is 3. The van der Waals surface area contributed by atoms with Crippen LogP contribution in [0.2, 0.25) is 0 Å². The average Bonchev–Trinajstić information content (AvgIpc) is 3.58. The van der Waals surface area contributed by atoms with Gasteiger partial charge in [-0.2, -0.15) is 5.10 Å². The van der Waals surface area contributed by atoms with Crippen LogP contribution >= 0.6 is 0 Å². The summed E-state index contributed by atoms with van der Waals surface area (Å²) >= 11 is 0. The normalized spacial score (nSPS) is 17.2. The molecule has 1 aliphatic heterocycles. The van der Waals surface area contributed by atoms with Gasteiger partial charge in [-0.05, 0) is 25.0 Å². The van der Waals surface area contributed by atoms with Gasteiger partial charge in [0.05, 0.1) is 18.4 Å². The summed E-state index contributed by atoms with van der Waals surface area (Å²) in [6.45, 7) is 1.82. The summed E-state index contributed by atoms with van der Waals surface area (Å²) in [5, 5.41) is 10.4. The number of nitrogens with one attached hydrogen (secondary N) is 2. The summed E-state index contributed by atoms with van der Waals surface area (Å²) < 4.78 is 11.6. The zero-order chi connectivity index (χ0) is 25.8. The summed E-state index contributed by atoms with van der Waals surface area (Å²) in [4.78, 5) is 52.4. The van der Waals surface area contributed by atoms with Crippen LogP contribution < -0.4 is 10.6 Å². The molecule has 0 aliphatic carbocycles. The monoisotopic (exact) mass is 495 g/mol. The number of furan rings is 1. The number of carbonyl (C=O) groups excluding carboxylic acids is 4. The minimum absolute atomic E-state index is 0.111. The van der Waals surface area contributed by atoms with Crippen molar-refractivity contribution in [3.05, 3.63) is 53.5 Å². The number of para-hydroxylation sites is 1. The van der Waals surface area contributed by atoms with E-state index in [0.717, 1.165) is 18.5 Å². The second kappa shape index (κ2) is 10.6. The van der Waals surface area contributed by atoms with Crippen molar-refractivity contribution in [1.29, 1.82) is 0 Å². The summed E-state index contributed by atoms with van der Waals surface area (Å²) in [7, 11) is 2.92. The number of benzene rings is 1. The smallest absolute Gasteiger partial charge is 0.325 e. The molecule has 11 nitrogen and oxygen atoms in total. The molecule has 4 rings (SSSR count). The van der Waals surface area contributed by atoms with Crippen molar-refractivity contribution in [2.45, 2.75) is 38.3 Å². The number of hydrogen-bond acceptors (Lipinski definition) is 7. The summed E-state index contributed by atoms with van der Waals surface area (Å²) in [5.41, 5.74) is 2.09. The van der Waals surface area contributed by atoms with Crippen molar-refractivity contribution in [2.24, 2.45) is 7.05 Å². The molecule has 190 valence electrons. The van der Waals surface area contributed by atoms with Gasteiger partial charge in [-0.1, -0.05) is 31.5 Å². The lowest BCUT2D eigenvalue weighted by Gasteiger charge is -2.23. The number of carbonyl (C=O) groups is 4.